The number of rotatable bonds is 9. The van der Waals surface area contributed by atoms with Gasteiger partial charge in [0.05, 0.1) is 4.90 Å². The predicted octanol–water partition coefficient (Wildman–Crippen LogP) is 2.52. The third kappa shape index (κ3) is 5.62. The minimum absolute atomic E-state index is 0.0562. The van der Waals surface area contributed by atoms with E-state index < -0.39 is 10.0 Å². The third-order valence-corrected chi connectivity index (χ3v) is 5.74. The lowest BCUT2D eigenvalue weighted by molar-refractivity contribution is 0.556. The monoisotopic (exact) mass is 330 g/mol. The van der Waals surface area contributed by atoms with Crippen molar-refractivity contribution in [1.82, 2.24) is 10.0 Å². The maximum absolute atomic E-state index is 12.5. The van der Waals surface area contributed by atoms with Crippen LogP contribution in [0.1, 0.15) is 31.4 Å². The van der Waals surface area contributed by atoms with Crippen molar-refractivity contribution in [3.63, 3.8) is 0 Å². The van der Waals surface area contributed by atoms with Gasteiger partial charge in [-0.15, -0.1) is 0 Å². The molecule has 1 aromatic rings. The third-order valence-electron chi connectivity index (χ3n) is 3.36. The van der Waals surface area contributed by atoms with E-state index in [9.17, 15) is 8.42 Å². The highest BCUT2D eigenvalue weighted by atomic mass is 32.2. The fourth-order valence-corrected chi connectivity index (χ4v) is 4.24. The van der Waals surface area contributed by atoms with Gasteiger partial charge in [0, 0.05) is 12.6 Å². The van der Waals surface area contributed by atoms with E-state index in [1.54, 1.807) is 23.9 Å². The lowest BCUT2D eigenvalue weighted by atomic mass is 10.1. The van der Waals surface area contributed by atoms with E-state index in [-0.39, 0.29) is 6.04 Å². The molecule has 1 rings (SSSR count). The highest BCUT2D eigenvalue weighted by molar-refractivity contribution is 7.98. The van der Waals surface area contributed by atoms with E-state index in [1.165, 1.54) is 0 Å². The van der Waals surface area contributed by atoms with Gasteiger partial charge >= 0.3 is 0 Å². The smallest absolute Gasteiger partial charge is 0.241 e. The molecule has 120 valence electrons. The van der Waals surface area contributed by atoms with Crippen LogP contribution in [0.2, 0.25) is 0 Å². The summed E-state index contributed by atoms with van der Waals surface area (Å²) in [6.07, 6.45) is 2.85. The second kappa shape index (κ2) is 8.78. The molecule has 0 aliphatic rings. The van der Waals surface area contributed by atoms with Crippen LogP contribution in [0.25, 0.3) is 0 Å². The summed E-state index contributed by atoms with van der Waals surface area (Å²) >= 11 is 1.72. The number of sulfonamides is 1. The van der Waals surface area contributed by atoms with Gasteiger partial charge in [-0.2, -0.15) is 11.8 Å². The van der Waals surface area contributed by atoms with Gasteiger partial charge in [-0.25, -0.2) is 13.1 Å². The molecular weight excluding hydrogens is 304 g/mol. The van der Waals surface area contributed by atoms with Crippen LogP contribution in [0.4, 0.5) is 0 Å². The zero-order valence-electron chi connectivity index (χ0n) is 13.3. The summed E-state index contributed by atoms with van der Waals surface area (Å²) in [5.41, 5.74) is 1.85. The van der Waals surface area contributed by atoms with Crippen molar-refractivity contribution in [2.75, 3.05) is 18.6 Å². The number of nitrogens with one attached hydrogen (secondary N) is 2. The molecule has 6 heteroatoms. The van der Waals surface area contributed by atoms with Crippen LogP contribution in [0.3, 0.4) is 0 Å². The van der Waals surface area contributed by atoms with Crippen molar-refractivity contribution in [2.24, 2.45) is 0 Å². The number of benzene rings is 1. The summed E-state index contributed by atoms with van der Waals surface area (Å²) in [6, 6.07) is 5.39. The quantitative estimate of drug-likeness (QED) is 0.730. The average Bonchev–Trinajstić information content (AvgIpc) is 2.43. The molecule has 0 amide bonds. The van der Waals surface area contributed by atoms with E-state index in [4.69, 9.17) is 0 Å². The Morgan fingerprint density at radius 1 is 1.33 bits per heavy atom. The summed E-state index contributed by atoms with van der Waals surface area (Å²) in [5, 5.41) is 3.23. The van der Waals surface area contributed by atoms with Crippen LogP contribution in [0.5, 0.6) is 0 Å². The minimum Gasteiger partial charge on any atom is -0.313 e. The molecule has 0 saturated heterocycles. The molecule has 2 N–H and O–H groups in total. The highest BCUT2D eigenvalue weighted by Crippen LogP contribution is 2.19. The minimum atomic E-state index is -3.46. The van der Waals surface area contributed by atoms with Gasteiger partial charge in [-0.3, -0.25) is 0 Å². The van der Waals surface area contributed by atoms with Crippen LogP contribution in [-0.4, -0.2) is 33.0 Å². The van der Waals surface area contributed by atoms with E-state index >= 15 is 0 Å². The van der Waals surface area contributed by atoms with Crippen LogP contribution < -0.4 is 10.0 Å². The summed E-state index contributed by atoms with van der Waals surface area (Å²) in [7, 11) is -3.46. The summed E-state index contributed by atoms with van der Waals surface area (Å²) in [5.74, 6) is 0.948. The number of hydrogen-bond acceptors (Lipinski definition) is 4. The Balaban J connectivity index is 2.92. The first-order chi connectivity index (χ1) is 9.92. The Kier molecular flexibility index (Phi) is 7.73. The molecule has 21 heavy (non-hydrogen) atoms. The van der Waals surface area contributed by atoms with E-state index in [0.717, 1.165) is 29.8 Å². The van der Waals surface area contributed by atoms with Gasteiger partial charge in [0.1, 0.15) is 0 Å². The maximum atomic E-state index is 12.5. The Morgan fingerprint density at radius 2 is 2.05 bits per heavy atom. The molecule has 4 nitrogen and oxygen atoms in total. The lowest BCUT2D eigenvalue weighted by Crippen LogP contribution is -2.33. The molecule has 0 bridgehead atoms. The summed E-state index contributed by atoms with van der Waals surface area (Å²) in [6.45, 7) is 7.36. The fourth-order valence-electron chi connectivity index (χ4n) is 2.08. The van der Waals surface area contributed by atoms with Crippen LogP contribution >= 0.6 is 11.8 Å². The largest absolute Gasteiger partial charge is 0.313 e. The Labute approximate surface area is 133 Å². The zero-order valence-corrected chi connectivity index (χ0v) is 14.9. The van der Waals surface area contributed by atoms with Crippen LogP contribution in [-0.2, 0) is 16.6 Å². The molecule has 0 aliphatic heterocycles. The van der Waals surface area contributed by atoms with E-state index in [1.807, 2.05) is 33.1 Å². The highest BCUT2D eigenvalue weighted by Gasteiger charge is 2.20. The Morgan fingerprint density at radius 3 is 2.67 bits per heavy atom. The SMILES string of the molecule is CCNCc1cccc(S(=O)(=O)NC(C)CCSC)c1C. The van der Waals surface area contributed by atoms with Crippen molar-refractivity contribution in [2.45, 2.75) is 44.7 Å². The van der Waals surface area contributed by atoms with Crippen LogP contribution in [0.15, 0.2) is 23.1 Å². The summed E-state index contributed by atoms with van der Waals surface area (Å²) in [4.78, 5) is 0.383. The Bertz CT molecular complexity index is 545. The molecule has 1 aromatic carbocycles. The van der Waals surface area contributed by atoms with Gasteiger partial charge in [0.15, 0.2) is 0 Å². The topological polar surface area (TPSA) is 58.2 Å². The van der Waals surface area contributed by atoms with E-state index in [0.29, 0.717) is 11.4 Å². The molecule has 0 fully saturated rings. The van der Waals surface area contributed by atoms with Crippen molar-refractivity contribution in [1.29, 1.82) is 0 Å². The van der Waals surface area contributed by atoms with Crippen molar-refractivity contribution >= 4 is 21.8 Å². The molecule has 0 aliphatic carbocycles. The van der Waals surface area contributed by atoms with Crippen molar-refractivity contribution in [3.05, 3.63) is 29.3 Å². The first kappa shape index (κ1) is 18.5. The first-order valence-corrected chi connectivity index (χ1v) is 10.1. The van der Waals surface area contributed by atoms with Crippen LogP contribution in [0, 0.1) is 6.92 Å². The van der Waals surface area contributed by atoms with Gasteiger partial charge < -0.3 is 5.32 Å². The van der Waals surface area contributed by atoms with E-state index in [2.05, 4.69) is 10.0 Å². The van der Waals surface area contributed by atoms with Crippen molar-refractivity contribution in [3.8, 4) is 0 Å². The molecule has 0 aromatic heterocycles. The first-order valence-electron chi connectivity index (χ1n) is 7.22. The summed E-state index contributed by atoms with van der Waals surface area (Å²) < 4.78 is 27.8. The van der Waals surface area contributed by atoms with Gasteiger partial charge in [-0.1, -0.05) is 19.1 Å². The zero-order chi connectivity index (χ0) is 15.9. The molecule has 0 radical (unpaired) electrons. The maximum Gasteiger partial charge on any atom is 0.241 e. The molecule has 0 heterocycles. The van der Waals surface area contributed by atoms with Crippen molar-refractivity contribution < 1.29 is 8.42 Å². The second-order valence-electron chi connectivity index (χ2n) is 5.12. The number of thioether (sulfide) groups is 1. The van der Waals surface area contributed by atoms with Gasteiger partial charge in [-0.05, 0) is 56.0 Å². The fraction of sp³-hybridized carbons (Fsp3) is 0.600. The second-order valence-corrected chi connectivity index (χ2v) is 7.79. The predicted molar refractivity (Wildman–Crippen MR) is 91.3 cm³/mol. The molecule has 1 unspecified atom stereocenters. The Hall–Kier alpha value is -0.560. The van der Waals surface area contributed by atoms with Gasteiger partial charge in [0.25, 0.3) is 0 Å². The molecule has 1 atom stereocenters. The normalized spacial score (nSPS) is 13.3. The standard InChI is InChI=1S/C15H26N2O2S2/c1-5-16-11-14-7-6-8-15(13(14)3)21(18,19)17-12(2)9-10-20-4/h6-8,12,16-17H,5,9-11H2,1-4H3. The molecule has 0 saturated carbocycles. The molecule has 0 spiro atoms. The lowest BCUT2D eigenvalue weighted by Gasteiger charge is -2.16. The molecular formula is C15H26N2O2S2. The average molecular weight is 331 g/mol. The van der Waals surface area contributed by atoms with Gasteiger partial charge in [0.2, 0.25) is 10.0 Å². The number of hydrogen-bond donors (Lipinski definition) is 2.